The summed E-state index contributed by atoms with van der Waals surface area (Å²) in [6, 6.07) is 0. The quantitative estimate of drug-likeness (QED) is 0.640. The fraction of sp³-hybridized carbons (Fsp3) is 0.500. The number of aliphatic carboxylic acids is 1. The van der Waals surface area contributed by atoms with Gasteiger partial charge in [-0.25, -0.2) is 0 Å². The van der Waals surface area contributed by atoms with Crippen molar-refractivity contribution < 1.29 is 15.0 Å². The van der Waals surface area contributed by atoms with Crippen LogP contribution in [0, 0.1) is 0 Å². The van der Waals surface area contributed by atoms with Gasteiger partial charge in [0.2, 0.25) is 0 Å². The molecule has 0 radical (unpaired) electrons. The number of carbonyl (C=O) groups is 1. The smallest absolute Gasteiger partial charge is 0.313 e. The molecule has 0 saturated carbocycles. The van der Waals surface area contributed by atoms with Gasteiger partial charge in [0.25, 0.3) is 0 Å². The number of thioether (sulfide) groups is 1. The fourth-order valence-corrected chi connectivity index (χ4v) is 1.38. The summed E-state index contributed by atoms with van der Waals surface area (Å²) in [4.78, 5) is 10.2. The van der Waals surface area contributed by atoms with E-state index in [0.29, 0.717) is 11.0 Å². The Balaban J connectivity index is 2.67. The molecule has 0 aromatic carbocycles. The molecule has 1 rings (SSSR count). The molecule has 0 aliphatic carbocycles. The molecule has 2 N–H and O–H groups in total. The minimum absolute atomic E-state index is 0.0581. The van der Waals surface area contributed by atoms with Crippen LogP contribution in [0.5, 0.6) is 0 Å². The van der Waals surface area contributed by atoms with Crippen molar-refractivity contribution in [3.05, 3.63) is 5.82 Å². The highest BCUT2D eigenvalue weighted by atomic mass is 32.2. The highest BCUT2D eigenvalue weighted by molar-refractivity contribution is 7.99. The number of carboxylic acids is 1. The molecule has 1 heterocycles. The van der Waals surface area contributed by atoms with Crippen LogP contribution in [0.3, 0.4) is 0 Å². The van der Waals surface area contributed by atoms with Gasteiger partial charge in [-0.3, -0.25) is 4.79 Å². The monoisotopic (exact) mass is 203 g/mol. The molecule has 6 nitrogen and oxygen atoms in total. The van der Waals surface area contributed by atoms with Gasteiger partial charge < -0.3 is 14.8 Å². The molecular formula is C6H9N3O3S. The summed E-state index contributed by atoms with van der Waals surface area (Å²) in [6.07, 6.45) is 0. The average molecular weight is 203 g/mol. The summed E-state index contributed by atoms with van der Waals surface area (Å²) in [7, 11) is 1.68. The fourth-order valence-electron chi connectivity index (χ4n) is 0.735. The molecule has 0 saturated heterocycles. The van der Waals surface area contributed by atoms with Crippen LogP contribution in [0.4, 0.5) is 0 Å². The zero-order chi connectivity index (χ0) is 9.84. The lowest BCUT2D eigenvalue weighted by atomic mass is 10.6. The Hall–Kier alpha value is -1.08. The molecular weight excluding hydrogens is 194 g/mol. The Kier molecular flexibility index (Phi) is 3.26. The zero-order valence-corrected chi connectivity index (χ0v) is 7.78. The Bertz CT molecular complexity index is 312. The maximum atomic E-state index is 10.2. The number of nitrogens with zero attached hydrogens (tertiary/aromatic N) is 3. The van der Waals surface area contributed by atoms with Gasteiger partial charge in [0, 0.05) is 7.05 Å². The van der Waals surface area contributed by atoms with E-state index in [0.717, 1.165) is 11.8 Å². The maximum absolute atomic E-state index is 10.2. The molecule has 7 heteroatoms. The van der Waals surface area contributed by atoms with E-state index >= 15 is 0 Å². The normalized spacial score (nSPS) is 10.3. The summed E-state index contributed by atoms with van der Waals surface area (Å²) < 4.78 is 1.56. The number of aliphatic hydroxyl groups is 1. The van der Waals surface area contributed by atoms with E-state index in [4.69, 9.17) is 10.2 Å². The van der Waals surface area contributed by atoms with Gasteiger partial charge >= 0.3 is 5.97 Å². The third-order valence-corrected chi connectivity index (χ3v) is 2.40. The van der Waals surface area contributed by atoms with Crippen LogP contribution in [0.1, 0.15) is 5.82 Å². The minimum atomic E-state index is -0.904. The minimum Gasteiger partial charge on any atom is -0.481 e. The Morgan fingerprint density at radius 3 is 2.77 bits per heavy atom. The van der Waals surface area contributed by atoms with Gasteiger partial charge in [0.1, 0.15) is 6.61 Å². The summed E-state index contributed by atoms with van der Waals surface area (Å²) in [6.45, 7) is -0.197. The molecule has 0 aliphatic heterocycles. The second kappa shape index (κ2) is 4.24. The number of aliphatic hydroxyl groups excluding tert-OH is 1. The van der Waals surface area contributed by atoms with Crippen molar-refractivity contribution in [1.29, 1.82) is 0 Å². The van der Waals surface area contributed by atoms with Crippen molar-refractivity contribution in [3.8, 4) is 0 Å². The van der Waals surface area contributed by atoms with E-state index in [2.05, 4.69) is 10.2 Å². The van der Waals surface area contributed by atoms with Crippen LogP contribution in [0.25, 0.3) is 0 Å². The number of aromatic nitrogens is 3. The van der Waals surface area contributed by atoms with Crippen molar-refractivity contribution in [2.24, 2.45) is 7.05 Å². The molecule has 0 aliphatic rings. The second-order valence-electron chi connectivity index (χ2n) is 2.30. The van der Waals surface area contributed by atoms with Crippen molar-refractivity contribution in [2.45, 2.75) is 11.8 Å². The van der Waals surface area contributed by atoms with Gasteiger partial charge in [-0.2, -0.15) is 0 Å². The standard InChI is InChI=1S/C6H9N3O3S/c1-9-4(2-10)7-8-6(9)13-3-5(11)12/h10H,2-3H2,1H3,(H,11,12). The van der Waals surface area contributed by atoms with Crippen LogP contribution in [-0.2, 0) is 18.4 Å². The van der Waals surface area contributed by atoms with Gasteiger partial charge in [-0.15, -0.1) is 10.2 Å². The zero-order valence-electron chi connectivity index (χ0n) is 6.97. The van der Waals surface area contributed by atoms with Crippen LogP contribution < -0.4 is 0 Å². The Morgan fingerprint density at radius 2 is 2.31 bits per heavy atom. The second-order valence-corrected chi connectivity index (χ2v) is 3.24. The van der Waals surface area contributed by atoms with E-state index in [-0.39, 0.29) is 12.4 Å². The first-order chi connectivity index (χ1) is 6.15. The first-order valence-electron chi connectivity index (χ1n) is 3.49. The number of hydrogen-bond donors (Lipinski definition) is 2. The van der Waals surface area contributed by atoms with Crippen molar-refractivity contribution in [2.75, 3.05) is 5.75 Å². The molecule has 13 heavy (non-hydrogen) atoms. The van der Waals surface area contributed by atoms with Gasteiger partial charge in [-0.05, 0) is 0 Å². The summed E-state index contributed by atoms with van der Waals surface area (Å²) in [5.41, 5.74) is 0. The molecule has 0 atom stereocenters. The first-order valence-corrected chi connectivity index (χ1v) is 4.47. The molecule has 72 valence electrons. The first kappa shape index (κ1) is 10.0. The summed E-state index contributed by atoms with van der Waals surface area (Å²) in [5.74, 6) is -0.538. The molecule has 1 aromatic heterocycles. The topological polar surface area (TPSA) is 88.2 Å². The van der Waals surface area contributed by atoms with E-state index in [1.54, 1.807) is 11.6 Å². The Labute approximate surface area is 78.6 Å². The summed E-state index contributed by atoms with van der Waals surface area (Å²) >= 11 is 1.07. The molecule has 0 amide bonds. The molecule has 0 spiro atoms. The maximum Gasteiger partial charge on any atom is 0.313 e. The predicted molar refractivity (Wildman–Crippen MR) is 45.3 cm³/mol. The van der Waals surface area contributed by atoms with Crippen molar-refractivity contribution >= 4 is 17.7 Å². The number of rotatable bonds is 4. The van der Waals surface area contributed by atoms with Crippen LogP contribution >= 0.6 is 11.8 Å². The van der Waals surface area contributed by atoms with E-state index in [9.17, 15) is 4.79 Å². The van der Waals surface area contributed by atoms with E-state index < -0.39 is 5.97 Å². The average Bonchev–Trinajstić information content (AvgIpc) is 2.43. The summed E-state index contributed by atoms with van der Waals surface area (Å²) in [5, 5.41) is 25.0. The van der Waals surface area contributed by atoms with E-state index in [1.165, 1.54) is 0 Å². The van der Waals surface area contributed by atoms with Crippen LogP contribution in [-0.4, -0.2) is 36.7 Å². The number of carboxylic acid groups (broad SMARTS) is 1. The molecule has 0 fully saturated rings. The lowest BCUT2D eigenvalue weighted by Gasteiger charge is -1.98. The van der Waals surface area contributed by atoms with Gasteiger partial charge in [-0.1, -0.05) is 11.8 Å². The highest BCUT2D eigenvalue weighted by Gasteiger charge is 2.09. The molecule has 0 unspecified atom stereocenters. The third kappa shape index (κ3) is 2.43. The van der Waals surface area contributed by atoms with Crippen molar-refractivity contribution in [3.63, 3.8) is 0 Å². The van der Waals surface area contributed by atoms with Crippen molar-refractivity contribution in [1.82, 2.24) is 14.8 Å². The lowest BCUT2D eigenvalue weighted by molar-refractivity contribution is -0.133. The van der Waals surface area contributed by atoms with Gasteiger partial charge in [0.15, 0.2) is 11.0 Å². The Morgan fingerprint density at radius 1 is 1.62 bits per heavy atom. The van der Waals surface area contributed by atoms with Crippen LogP contribution in [0.15, 0.2) is 5.16 Å². The van der Waals surface area contributed by atoms with Gasteiger partial charge in [0.05, 0.1) is 5.75 Å². The number of hydrogen-bond acceptors (Lipinski definition) is 5. The lowest BCUT2D eigenvalue weighted by Crippen LogP contribution is -2.02. The molecule has 0 bridgehead atoms. The highest BCUT2D eigenvalue weighted by Crippen LogP contribution is 2.14. The molecule has 1 aromatic rings. The largest absolute Gasteiger partial charge is 0.481 e. The third-order valence-electron chi connectivity index (χ3n) is 1.39. The predicted octanol–water partition coefficient (Wildman–Crippen LogP) is -0.516. The SMILES string of the molecule is Cn1c(CO)nnc1SCC(=O)O. The van der Waals surface area contributed by atoms with E-state index in [1.807, 2.05) is 0 Å². The van der Waals surface area contributed by atoms with Crippen LogP contribution in [0.2, 0.25) is 0 Å².